The minimum Gasteiger partial charge on any atom is -0.465 e. The molecule has 0 saturated carbocycles. The summed E-state index contributed by atoms with van der Waals surface area (Å²) in [4.78, 5) is 27.3. The molecule has 0 aromatic heterocycles. The maximum absolute atomic E-state index is 11.9. The fraction of sp³-hybridized carbons (Fsp3) is 0.833. The van der Waals surface area contributed by atoms with E-state index < -0.39 is 12.0 Å². The number of ether oxygens (including phenoxy) is 1. The Morgan fingerprint density at radius 3 is 2.53 bits per heavy atom. The summed E-state index contributed by atoms with van der Waals surface area (Å²) in [5, 5.41) is 0. The second kappa shape index (κ2) is 8.39. The zero-order valence-corrected chi connectivity index (χ0v) is 12.4. The predicted molar refractivity (Wildman–Crippen MR) is 76.0 cm³/mol. The van der Waals surface area contributed by atoms with Gasteiger partial charge in [0, 0.05) is 31.9 Å². The van der Waals surface area contributed by atoms with Gasteiger partial charge in [-0.1, -0.05) is 0 Å². The molecule has 19 heavy (non-hydrogen) atoms. The largest absolute Gasteiger partial charge is 0.465 e. The maximum atomic E-state index is 11.9. The molecule has 1 amide bonds. The fourth-order valence-electron chi connectivity index (χ4n) is 1.74. The van der Waals surface area contributed by atoms with E-state index in [2.05, 4.69) is 11.9 Å². The first-order chi connectivity index (χ1) is 9.04. The Morgan fingerprint density at radius 1 is 1.32 bits per heavy atom. The van der Waals surface area contributed by atoms with Gasteiger partial charge in [-0.3, -0.25) is 9.59 Å². The van der Waals surface area contributed by atoms with Crippen molar-refractivity contribution in [2.45, 2.75) is 13.0 Å². The third-order valence-corrected chi connectivity index (χ3v) is 4.01. The van der Waals surface area contributed by atoms with E-state index in [0.29, 0.717) is 18.1 Å². The molecule has 1 heterocycles. The predicted octanol–water partition coefficient (Wildman–Crippen LogP) is -0.616. The summed E-state index contributed by atoms with van der Waals surface area (Å²) in [5.74, 6) is 0.506. The van der Waals surface area contributed by atoms with E-state index in [1.165, 1.54) is 11.8 Å². The van der Waals surface area contributed by atoms with Crippen molar-refractivity contribution in [3.05, 3.63) is 0 Å². The van der Waals surface area contributed by atoms with Gasteiger partial charge in [0.25, 0.3) is 0 Å². The van der Waals surface area contributed by atoms with Gasteiger partial charge in [0.1, 0.15) is 6.04 Å². The van der Waals surface area contributed by atoms with E-state index in [1.807, 2.05) is 4.90 Å². The number of hydrogen-bond donors (Lipinski definition) is 1. The summed E-state index contributed by atoms with van der Waals surface area (Å²) in [6.07, 6.45) is 0. The lowest BCUT2D eigenvalue weighted by Gasteiger charge is -2.32. The Hall–Kier alpha value is -0.790. The molecule has 7 heteroatoms. The second-order valence-corrected chi connectivity index (χ2v) is 5.59. The average Bonchev–Trinajstić information content (AvgIpc) is 2.39. The Bertz CT molecular complexity index is 307. The number of hydrogen-bond acceptors (Lipinski definition) is 6. The normalized spacial score (nSPS) is 18.2. The highest BCUT2D eigenvalue weighted by Crippen LogP contribution is 2.07. The van der Waals surface area contributed by atoms with Crippen molar-refractivity contribution in [3.63, 3.8) is 0 Å². The molecule has 1 fully saturated rings. The molecule has 0 spiro atoms. The number of nitrogens with zero attached hydrogens (tertiary/aromatic N) is 2. The van der Waals surface area contributed by atoms with Gasteiger partial charge in [0.15, 0.2) is 0 Å². The van der Waals surface area contributed by atoms with Gasteiger partial charge < -0.3 is 20.3 Å². The van der Waals surface area contributed by atoms with Crippen molar-refractivity contribution in [2.75, 3.05) is 51.3 Å². The van der Waals surface area contributed by atoms with Gasteiger partial charge in [0.2, 0.25) is 5.91 Å². The Kier molecular flexibility index (Phi) is 7.19. The van der Waals surface area contributed by atoms with Crippen LogP contribution >= 0.6 is 11.8 Å². The summed E-state index contributed by atoms with van der Waals surface area (Å²) < 4.78 is 4.81. The fourth-order valence-corrected chi connectivity index (χ4v) is 2.60. The number of rotatable bonds is 6. The van der Waals surface area contributed by atoms with Crippen molar-refractivity contribution in [1.29, 1.82) is 0 Å². The first kappa shape index (κ1) is 16.3. The van der Waals surface area contributed by atoms with Crippen molar-refractivity contribution < 1.29 is 14.3 Å². The van der Waals surface area contributed by atoms with E-state index in [-0.39, 0.29) is 5.91 Å². The third-order valence-electron chi connectivity index (χ3n) is 2.97. The minimum atomic E-state index is -0.648. The molecule has 110 valence electrons. The molecule has 0 radical (unpaired) electrons. The van der Waals surface area contributed by atoms with Crippen LogP contribution in [0.2, 0.25) is 0 Å². The first-order valence-electron chi connectivity index (χ1n) is 6.51. The number of carbonyl (C=O) groups is 2. The van der Waals surface area contributed by atoms with Gasteiger partial charge in [-0.05, 0) is 14.0 Å². The molecular weight excluding hydrogens is 266 g/mol. The summed E-state index contributed by atoms with van der Waals surface area (Å²) in [6, 6.07) is -0.648. The van der Waals surface area contributed by atoms with Crippen molar-refractivity contribution in [2.24, 2.45) is 5.73 Å². The van der Waals surface area contributed by atoms with E-state index in [4.69, 9.17) is 10.5 Å². The molecule has 2 N–H and O–H groups in total. The number of thioether (sulfide) groups is 1. The first-order valence-corrected chi connectivity index (χ1v) is 7.66. The van der Waals surface area contributed by atoms with Crippen LogP contribution in [0.3, 0.4) is 0 Å². The van der Waals surface area contributed by atoms with Crippen LogP contribution in [-0.2, 0) is 14.3 Å². The second-order valence-electron chi connectivity index (χ2n) is 4.56. The number of amides is 1. The molecule has 1 saturated heterocycles. The highest BCUT2D eigenvalue weighted by Gasteiger charge is 2.20. The van der Waals surface area contributed by atoms with Gasteiger partial charge in [0.05, 0.1) is 12.4 Å². The zero-order valence-electron chi connectivity index (χ0n) is 11.6. The van der Waals surface area contributed by atoms with Crippen LogP contribution < -0.4 is 5.73 Å². The summed E-state index contributed by atoms with van der Waals surface area (Å²) in [7, 11) is 2.05. The highest BCUT2D eigenvalue weighted by molar-refractivity contribution is 8.00. The Balaban J connectivity index is 2.18. The van der Waals surface area contributed by atoms with Crippen LogP contribution in [0.1, 0.15) is 6.92 Å². The molecular formula is C12H23N3O3S. The van der Waals surface area contributed by atoms with Crippen molar-refractivity contribution >= 4 is 23.6 Å². The van der Waals surface area contributed by atoms with Crippen LogP contribution in [0.15, 0.2) is 0 Å². The zero-order chi connectivity index (χ0) is 14.3. The smallest absolute Gasteiger partial charge is 0.323 e. The number of nitrogens with two attached hydrogens (primary N) is 1. The molecule has 1 aliphatic heterocycles. The average molecular weight is 289 g/mol. The lowest BCUT2D eigenvalue weighted by molar-refractivity contribution is -0.144. The van der Waals surface area contributed by atoms with Gasteiger partial charge >= 0.3 is 5.97 Å². The molecule has 1 aliphatic rings. The number of likely N-dealkylation sites (N-methyl/N-ethyl adjacent to an activating group) is 1. The molecule has 0 aromatic carbocycles. The molecule has 6 nitrogen and oxygen atoms in total. The maximum Gasteiger partial charge on any atom is 0.323 e. The van der Waals surface area contributed by atoms with E-state index in [1.54, 1.807) is 6.92 Å². The SMILES string of the molecule is CCOC(=O)C(N)CSCC(=O)N1CCN(C)CC1. The number of piperazine rings is 1. The Labute approximate surface area is 118 Å². The van der Waals surface area contributed by atoms with Gasteiger partial charge in [-0.2, -0.15) is 0 Å². The van der Waals surface area contributed by atoms with Crippen LogP contribution in [0.25, 0.3) is 0 Å². The van der Waals surface area contributed by atoms with Crippen LogP contribution in [0.4, 0.5) is 0 Å². The van der Waals surface area contributed by atoms with E-state index in [9.17, 15) is 9.59 Å². The quantitative estimate of drug-likeness (QED) is 0.657. The molecule has 0 bridgehead atoms. The third kappa shape index (κ3) is 5.80. The summed E-state index contributed by atoms with van der Waals surface area (Å²) >= 11 is 1.39. The molecule has 1 atom stereocenters. The lowest BCUT2D eigenvalue weighted by Crippen LogP contribution is -2.47. The lowest BCUT2D eigenvalue weighted by atomic mass is 10.3. The number of esters is 1. The standard InChI is InChI=1S/C12H23N3O3S/c1-3-18-12(17)10(13)8-19-9-11(16)15-6-4-14(2)5-7-15/h10H,3-9,13H2,1-2H3. The Morgan fingerprint density at radius 2 is 1.95 bits per heavy atom. The summed E-state index contributed by atoms with van der Waals surface area (Å²) in [5.41, 5.74) is 5.66. The van der Waals surface area contributed by atoms with Gasteiger partial charge in [-0.25, -0.2) is 0 Å². The van der Waals surface area contributed by atoms with Crippen molar-refractivity contribution in [3.8, 4) is 0 Å². The van der Waals surface area contributed by atoms with E-state index >= 15 is 0 Å². The minimum absolute atomic E-state index is 0.120. The molecule has 1 rings (SSSR count). The highest BCUT2D eigenvalue weighted by atomic mass is 32.2. The summed E-state index contributed by atoms with van der Waals surface area (Å²) in [6.45, 7) is 5.46. The molecule has 1 unspecified atom stereocenters. The van der Waals surface area contributed by atoms with Crippen LogP contribution in [0, 0.1) is 0 Å². The number of carbonyl (C=O) groups excluding carboxylic acids is 2. The topological polar surface area (TPSA) is 75.9 Å². The van der Waals surface area contributed by atoms with Crippen LogP contribution in [0.5, 0.6) is 0 Å². The molecule has 0 aromatic rings. The molecule has 0 aliphatic carbocycles. The van der Waals surface area contributed by atoms with Crippen LogP contribution in [-0.4, -0.2) is 79.1 Å². The van der Waals surface area contributed by atoms with Gasteiger partial charge in [-0.15, -0.1) is 11.8 Å². The van der Waals surface area contributed by atoms with Crippen molar-refractivity contribution in [1.82, 2.24) is 9.80 Å². The monoisotopic (exact) mass is 289 g/mol. The van der Waals surface area contributed by atoms with E-state index in [0.717, 1.165) is 26.2 Å².